The Morgan fingerprint density at radius 3 is 2.56 bits per heavy atom. The summed E-state index contributed by atoms with van der Waals surface area (Å²) in [6.07, 6.45) is 0. The third kappa shape index (κ3) is 4.15. The Morgan fingerprint density at radius 2 is 1.88 bits per heavy atom. The lowest BCUT2D eigenvalue weighted by Gasteiger charge is -2.08. The molecule has 0 saturated carbocycles. The van der Waals surface area contributed by atoms with Crippen LogP contribution in [0.4, 0.5) is 5.82 Å². The maximum absolute atomic E-state index is 13.0. The van der Waals surface area contributed by atoms with E-state index in [0.717, 1.165) is 0 Å². The molecular weight excluding hydrogens is 479 g/mol. The molecule has 0 saturated heterocycles. The second-order valence-electron chi connectivity index (χ2n) is 6.42. The van der Waals surface area contributed by atoms with E-state index in [1.165, 1.54) is 4.68 Å². The van der Waals surface area contributed by atoms with Gasteiger partial charge in [0, 0.05) is 5.56 Å². The van der Waals surface area contributed by atoms with Crippen molar-refractivity contribution in [2.24, 2.45) is 5.10 Å². The number of amides is 1. The van der Waals surface area contributed by atoms with Crippen LogP contribution in [0.15, 0.2) is 52.2 Å². The Balaban J connectivity index is 1.72. The fourth-order valence-corrected chi connectivity index (χ4v) is 3.31. The summed E-state index contributed by atoms with van der Waals surface area (Å²) < 4.78 is 5.87. The van der Waals surface area contributed by atoms with Gasteiger partial charge in [-0.1, -0.05) is 64.3 Å². The van der Waals surface area contributed by atoms with Crippen LogP contribution < -0.4 is 11.2 Å². The van der Waals surface area contributed by atoms with Crippen LogP contribution in [0.1, 0.15) is 23.0 Å². The van der Waals surface area contributed by atoms with Gasteiger partial charge in [-0.3, -0.25) is 4.79 Å². The summed E-state index contributed by atoms with van der Waals surface area (Å²) in [5, 5.41) is 20.5. The summed E-state index contributed by atoms with van der Waals surface area (Å²) in [6.45, 7) is 1.70. The Labute approximate surface area is 195 Å². The molecule has 2 aromatic carbocycles. The molecule has 0 fully saturated rings. The smallest absolute Gasteiger partial charge is 0.294 e. The number of nitrogens with two attached hydrogens (primary N) is 1. The van der Waals surface area contributed by atoms with Crippen molar-refractivity contribution in [1.29, 1.82) is 0 Å². The summed E-state index contributed by atoms with van der Waals surface area (Å²) in [5.74, 6) is -0.619. The maximum Gasteiger partial charge on any atom is 0.294 e. The van der Waals surface area contributed by atoms with Crippen LogP contribution in [0, 0.1) is 0 Å². The molecule has 0 unspecified atom stereocenters. The number of nitrogen functional groups attached to an aromatic ring is 1. The minimum atomic E-state index is -0.638. The zero-order chi connectivity index (χ0) is 22.8. The molecule has 0 atom stereocenters. The molecule has 4 aromatic rings. The van der Waals surface area contributed by atoms with Crippen LogP contribution in [0.5, 0.6) is 0 Å². The number of carbonyl (C=O) groups is 1. The van der Waals surface area contributed by atoms with Crippen molar-refractivity contribution in [3.05, 3.63) is 68.8 Å². The lowest BCUT2D eigenvalue weighted by atomic mass is 10.1. The highest BCUT2D eigenvalue weighted by Crippen LogP contribution is 2.31. The number of halogens is 3. The molecule has 2 aromatic heterocycles. The van der Waals surface area contributed by atoms with Gasteiger partial charge < -0.3 is 5.73 Å². The van der Waals surface area contributed by atoms with E-state index in [0.29, 0.717) is 31.9 Å². The van der Waals surface area contributed by atoms with E-state index in [1.807, 2.05) is 0 Å². The molecular formula is C19H13Cl3N8O2. The van der Waals surface area contributed by atoms with Crippen molar-refractivity contribution < 1.29 is 9.42 Å². The molecule has 2 heterocycles. The van der Waals surface area contributed by atoms with E-state index in [2.05, 4.69) is 35.8 Å². The fraction of sp³-hybridized carbons (Fsp3) is 0.0526. The second-order valence-corrected chi connectivity index (χ2v) is 7.64. The number of hydrogen-bond donors (Lipinski definition) is 2. The van der Waals surface area contributed by atoms with E-state index in [4.69, 9.17) is 40.5 Å². The van der Waals surface area contributed by atoms with Crippen LogP contribution in [-0.4, -0.2) is 36.9 Å². The fourth-order valence-electron chi connectivity index (χ4n) is 2.79. The first-order valence-electron chi connectivity index (χ1n) is 8.96. The molecule has 0 aliphatic rings. The van der Waals surface area contributed by atoms with Gasteiger partial charge in [-0.05, 0) is 41.0 Å². The van der Waals surface area contributed by atoms with Gasteiger partial charge >= 0.3 is 0 Å². The second kappa shape index (κ2) is 8.95. The zero-order valence-electron chi connectivity index (χ0n) is 16.3. The number of rotatable bonds is 5. The largest absolute Gasteiger partial charge is 0.378 e. The molecule has 0 aliphatic carbocycles. The third-order valence-corrected chi connectivity index (χ3v) is 5.44. The Morgan fingerprint density at radius 1 is 1.09 bits per heavy atom. The van der Waals surface area contributed by atoms with Crippen molar-refractivity contribution in [2.75, 3.05) is 5.73 Å². The summed E-state index contributed by atoms with van der Waals surface area (Å²) in [4.78, 5) is 13.0. The van der Waals surface area contributed by atoms with E-state index < -0.39 is 5.91 Å². The van der Waals surface area contributed by atoms with E-state index in [-0.39, 0.29) is 23.0 Å². The molecule has 162 valence electrons. The first kappa shape index (κ1) is 21.8. The molecule has 32 heavy (non-hydrogen) atoms. The monoisotopic (exact) mass is 490 g/mol. The van der Waals surface area contributed by atoms with Crippen molar-refractivity contribution in [1.82, 2.24) is 30.7 Å². The molecule has 0 bridgehead atoms. The first-order chi connectivity index (χ1) is 15.4. The standard InChI is InChI=1S/C19H13Cl3N8O2/c1-9(10-6-7-13(21)14(22)8-10)24-26-19(31)15-16(11-4-2-3-5-12(11)20)30(29-25-15)18-17(23)27-32-28-18/h2-8H,1H3,(H2,23,27)(H,26,31)/b24-9+. The summed E-state index contributed by atoms with van der Waals surface area (Å²) in [6, 6.07) is 11.9. The maximum atomic E-state index is 13.0. The first-order valence-corrected chi connectivity index (χ1v) is 10.1. The summed E-state index contributed by atoms with van der Waals surface area (Å²) in [7, 11) is 0. The number of carbonyl (C=O) groups excluding carboxylic acids is 1. The predicted octanol–water partition coefficient (Wildman–Crippen LogP) is 4.01. The summed E-state index contributed by atoms with van der Waals surface area (Å²) >= 11 is 18.3. The molecule has 0 radical (unpaired) electrons. The molecule has 4 rings (SSSR count). The van der Waals surface area contributed by atoms with Crippen LogP contribution in [-0.2, 0) is 0 Å². The number of hydrazone groups is 1. The number of aromatic nitrogens is 5. The third-order valence-electron chi connectivity index (χ3n) is 4.37. The van der Waals surface area contributed by atoms with Crippen molar-refractivity contribution >= 4 is 52.2 Å². The van der Waals surface area contributed by atoms with E-state index in [1.54, 1.807) is 49.4 Å². The quantitative estimate of drug-likeness (QED) is 0.318. The average molecular weight is 492 g/mol. The highest BCUT2D eigenvalue weighted by atomic mass is 35.5. The Kier molecular flexibility index (Phi) is 6.08. The lowest BCUT2D eigenvalue weighted by molar-refractivity contribution is 0.0950. The Bertz CT molecular complexity index is 1350. The van der Waals surface area contributed by atoms with Crippen LogP contribution in [0.25, 0.3) is 17.1 Å². The van der Waals surface area contributed by atoms with E-state index >= 15 is 0 Å². The van der Waals surface area contributed by atoms with Gasteiger partial charge in [0.1, 0.15) is 5.69 Å². The normalized spacial score (nSPS) is 11.6. The molecule has 0 spiro atoms. The highest BCUT2D eigenvalue weighted by Gasteiger charge is 2.26. The predicted molar refractivity (Wildman–Crippen MR) is 120 cm³/mol. The van der Waals surface area contributed by atoms with Crippen molar-refractivity contribution in [2.45, 2.75) is 6.92 Å². The van der Waals surface area contributed by atoms with Gasteiger partial charge in [-0.15, -0.1) is 5.10 Å². The Hall–Kier alpha value is -3.47. The SMILES string of the molecule is C/C(=N\NC(=O)c1nnn(-c2nonc2N)c1-c1ccccc1Cl)c1ccc(Cl)c(Cl)c1. The highest BCUT2D eigenvalue weighted by molar-refractivity contribution is 6.42. The van der Waals surface area contributed by atoms with Crippen LogP contribution in [0.2, 0.25) is 15.1 Å². The number of benzene rings is 2. The van der Waals surface area contributed by atoms with Crippen LogP contribution in [0.3, 0.4) is 0 Å². The summed E-state index contributed by atoms with van der Waals surface area (Å²) in [5.41, 5.74) is 10.1. The number of nitrogens with one attached hydrogen (secondary N) is 1. The van der Waals surface area contributed by atoms with Gasteiger partial charge in [0.15, 0.2) is 5.69 Å². The van der Waals surface area contributed by atoms with Gasteiger partial charge in [0.25, 0.3) is 5.91 Å². The number of nitrogens with zero attached hydrogens (tertiary/aromatic N) is 6. The zero-order valence-corrected chi connectivity index (χ0v) is 18.5. The van der Waals surface area contributed by atoms with E-state index in [9.17, 15) is 4.79 Å². The average Bonchev–Trinajstić information content (AvgIpc) is 3.40. The lowest BCUT2D eigenvalue weighted by Crippen LogP contribution is -2.21. The van der Waals surface area contributed by atoms with Crippen molar-refractivity contribution in [3.63, 3.8) is 0 Å². The number of anilines is 1. The van der Waals surface area contributed by atoms with Gasteiger partial charge in [-0.25, -0.2) is 10.1 Å². The topological polar surface area (TPSA) is 137 Å². The van der Waals surface area contributed by atoms with Gasteiger partial charge in [0.2, 0.25) is 11.6 Å². The molecule has 1 amide bonds. The molecule has 13 heteroatoms. The minimum Gasteiger partial charge on any atom is -0.378 e. The minimum absolute atomic E-state index is 0.0383. The van der Waals surface area contributed by atoms with Gasteiger partial charge in [0.05, 0.1) is 20.8 Å². The van der Waals surface area contributed by atoms with Crippen LogP contribution >= 0.6 is 34.8 Å². The number of hydrogen-bond acceptors (Lipinski definition) is 8. The molecule has 3 N–H and O–H groups in total. The van der Waals surface area contributed by atoms with Crippen molar-refractivity contribution in [3.8, 4) is 17.1 Å². The molecule has 10 nitrogen and oxygen atoms in total. The van der Waals surface area contributed by atoms with Gasteiger partial charge in [-0.2, -0.15) is 9.78 Å². The molecule has 0 aliphatic heterocycles.